The Kier molecular flexibility index (Phi) is 6.47. The lowest BCUT2D eigenvalue weighted by atomic mass is 9.92. The first-order valence-electron chi connectivity index (χ1n) is 8.01. The molecule has 0 fully saturated rings. The van der Waals surface area contributed by atoms with E-state index < -0.39 is 0 Å². The summed E-state index contributed by atoms with van der Waals surface area (Å²) in [4.78, 5) is 1.71. The zero-order valence-corrected chi connectivity index (χ0v) is 12.8. The van der Waals surface area contributed by atoms with Gasteiger partial charge in [-0.1, -0.05) is 45.4 Å². The number of nitrogens with one attached hydrogen (secondary N) is 1. The standard InChI is InChI=1S/C16H29NS/c1-2-9-14-10-7-5-3-4-6-8-11-15-16(14)17-12-13-18-15/h14,17H,2-13H2,1H3. The fourth-order valence-corrected chi connectivity index (χ4v) is 4.41. The second kappa shape index (κ2) is 8.14. The SMILES string of the molecule is CCCC1CCCCCCCCC2=C1NCCS2. The Balaban J connectivity index is 2.09. The minimum Gasteiger partial charge on any atom is -0.387 e. The smallest absolute Gasteiger partial charge is 0.0238 e. The van der Waals surface area contributed by atoms with Gasteiger partial charge < -0.3 is 5.32 Å². The van der Waals surface area contributed by atoms with Crippen molar-refractivity contribution >= 4 is 11.8 Å². The maximum atomic E-state index is 3.75. The Morgan fingerprint density at radius 1 is 1.11 bits per heavy atom. The molecular weight excluding hydrogens is 238 g/mol. The van der Waals surface area contributed by atoms with Crippen molar-refractivity contribution in [2.75, 3.05) is 12.3 Å². The van der Waals surface area contributed by atoms with Gasteiger partial charge in [-0.3, -0.25) is 0 Å². The summed E-state index contributed by atoms with van der Waals surface area (Å²) in [7, 11) is 0. The highest BCUT2D eigenvalue weighted by atomic mass is 32.2. The molecule has 2 rings (SSSR count). The molecule has 0 saturated carbocycles. The molecule has 1 atom stereocenters. The van der Waals surface area contributed by atoms with Crippen molar-refractivity contribution in [3.05, 3.63) is 10.6 Å². The Hall–Kier alpha value is -0.110. The molecule has 1 nitrogen and oxygen atoms in total. The number of hydrogen-bond acceptors (Lipinski definition) is 2. The molecule has 1 N–H and O–H groups in total. The molecule has 2 heteroatoms. The average molecular weight is 267 g/mol. The van der Waals surface area contributed by atoms with Crippen molar-refractivity contribution in [3.63, 3.8) is 0 Å². The molecule has 0 amide bonds. The Labute approximate surface area is 117 Å². The van der Waals surface area contributed by atoms with Gasteiger partial charge in [0, 0.05) is 22.9 Å². The molecule has 0 aromatic heterocycles. The zero-order valence-electron chi connectivity index (χ0n) is 12.0. The lowest BCUT2D eigenvalue weighted by Gasteiger charge is -2.28. The average Bonchev–Trinajstić information content (AvgIpc) is 2.44. The van der Waals surface area contributed by atoms with Crippen molar-refractivity contribution in [3.8, 4) is 0 Å². The molecule has 2 aliphatic rings. The first-order valence-corrected chi connectivity index (χ1v) is 9.00. The molecule has 104 valence electrons. The van der Waals surface area contributed by atoms with Gasteiger partial charge in [0.2, 0.25) is 0 Å². The predicted octanol–water partition coefficient (Wildman–Crippen LogP) is 5.09. The first-order chi connectivity index (χ1) is 8.92. The van der Waals surface area contributed by atoms with Crippen LogP contribution in [0.3, 0.4) is 0 Å². The van der Waals surface area contributed by atoms with E-state index in [9.17, 15) is 0 Å². The van der Waals surface area contributed by atoms with E-state index in [1.54, 1.807) is 10.6 Å². The van der Waals surface area contributed by atoms with Crippen LogP contribution in [0.15, 0.2) is 10.6 Å². The van der Waals surface area contributed by atoms with Gasteiger partial charge in [0.25, 0.3) is 0 Å². The Bertz CT molecular complexity index is 272. The van der Waals surface area contributed by atoms with Crippen LogP contribution in [0, 0.1) is 5.92 Å². The summed E-state index contributed by atoms with van der Waals surface area (Å²) < 4.78 is 0. The highest BCUT2D eigenvalue weighted by molar-refractivity contribution is 8.03. The summed E-state index contributed by atoms with van der Waals surface area (Å²) in [5.74, 6) is 2.11. The molecule has 18 heavy (non-hydrogen) atoms. The third kappa shape index (κ3) is 4.22. The van der Waals surface area contributed by atoms with Gasteiger partial charge in [-0.25, -0.2) is 0 Å². The molecule has 0 aromatic rings. The molecule has 1 aliphatic heterocycles. The van der Waals surface area contributed by atoms with Crippen LogP contribution in [-0.4, -0.2) is 12.3 Å². The van der Waals surface area contributed by atoms with E-state index >= 15 is 0 Å². The van der Waals surface area contributed by atoms with Crippen molar-refractivity contribution in [1.82, 2.24) is 5.32 Å². The lowest BCUT2D eigenvalue weighted by molar-refractivity contribution is 0.450. The van der Waals surface area contributed by atoms with Crippen LogP contribution >= 0.6 is 11.8 Å². The van der Waals surface area contributed by atoms with E-state index in [1.807, 2.05) is 0 Å². The zero-order chi connectivity index (χ0) is 12.6. The van der Waals surface area contributed by atoms with E-state index in [0.29, 0.717) is 0 Å². The van der Waals surface area contributed by atoms with Gasteiger partial charge in [-0.15, -0.1) is 11.8 Å². The van der Waals surface area contributed by atoms with E-state index in [0.717, 1.165) is 5.92 Å². The van der Waals surface area contributed by atoms with Gasteiger partial charge in [0.05, 0.1) is 0 Å². The third-order valence-corrected chi connectivity index (χ3v) is 5.43. The fraction of sp³-hybridized carbons (Fsp3) is 0.875. The minimum atomic E-state index is 0.830. The van der Waals surface area contributed by atoms with Gasteiger partial charge in [0.1, 0.15) is 0 Å². The molecular formula is C16H29NS. The third-order valence-electron chi connectivity index (χ3n) is 4.25. The van der Waals surface area contributed by atoms with Crippen LogP contribution in [0.25, 0.3) is 0 Å². The molecule has 0 radical (unpaired) electrons. The molecule has 1 aliphatic carbocycles. The first kappa shape index (κ1) is 14.3. The van der Waals surface area contributed by atoms with E-state index in [-0.39, 0.29) is 0 Å². The van der Waals surface area contributed by atoms with Crippen molar-refractivity contribution in [2.45, 2.75) is 71.1 Å². The van der Waals surface area contributed by atoms with Crippen LogP contribution < -0.4 is 5.32 Å². The van der Waals surface area contributed by atoms with Gasteiger partial charge >= 0.3 is 0 Å². The maximum Gasteiger partial charge on any atom is 0.0238 e. The predicted molar refractivity (Wildman–Crippen MR) is 82.8 cm³/mol. The number of hydrogen-bond donors (Lipinski definition) is 1. The van der Waals surface area contributed by atoms with Crippen LogP contribution in [-0.2, 0) is 0 Å². The molecule has 0 spiro atoms. The van der Waals surface area contributed by atoms with E-state index in [2.05, 4.69) is 24.0 Å². The normalized spacial score (nSPS) is 27.1. The largest absolute Gasteiger partial charge is 0.387 e. The summed E-state index contributed by atoms with van der Waals surface area (Å²) >= 11 is 2.14. The number of allylic oxidation sites excluding steroid dienone is 2. The summed E-state index contributed by atoms with van der Waals surface area (Å²) in [5.41, 5.74) is 1.65. The monoisotopic (exact) mass is 267 g/mol. The fourth-order valence-electron chi connectivity index (χ4n) is 3.28. The van der Waals surface area contributed by atoms with E-state index in [1.165, 1.54) is 76.5 Å². The Morgan fingerprint density at radius 2 is 1.89 bits per heavy atom. The summed E-state index contributed by atoms with van der Waals surface area (Å²) in [6.45, 7) is 3.52. The second-order valence-corrected chi connectivity index (χ2v) is 6.95. The van der Waals surface area contributed by atoms with E-state index in [4.69, 9.17) is 0 Å². The number of thioether (sulfide) groups is 1. The molecule has 0 saturated heterocycles. The van der Waals surface area contributed by atoms with Gasteiger partial charge in [-0.05, 0) is 31.6 Å². The topological polar surface area (TPSA) is 12.0 Å². The van der Waals surface area contributed by atoms with Crippen molar-refractivity contribution in [1.29, 1.82) is 0 Å². The van der Waals surface area contributed by atoms with Gasteiger partial charge in [-0.2, -0.15) is 0 Å². The van der Waals surface area contributed by atoms with Crippen molar-refractivity contribution in [2.24, 2.45) is 5.92 Å². The minimum absolute atomic E-state index is 0.830. The highest BCUT2D eigenvalue weighted by Crippen LogP contribution is 2.35. The lowest BCUT2D eigenvalue weighted by Crippen LogP contribution is -2.27. The molecule has 1 heterocycles. The van der Waals surface area contributed by atoms with Crippen LogP contribution in [0.1, 0.15) is 71.1 Å². The summed E-state index contributed by atoms with van der Waals surface area (Å²) in [5, 5.41) is 3.75. The quantitative estimate of drug-likeness (QED) is 0.748. The van der Waals surface area contributed by atoms with Crippen LogP contribution in [0.2, 0.25) is 0 Å². The molecule has 0 aromatic carbocycles. The van der Waals surface area contributed by atoms with Crippen LogP contribution in [0.4, 0.5) is 0 Å². The van der Waals surface area contributed by atoms with Crippen LogP contribution in [0.5, 0.6) is 0 Å². The Morgan fingerprint density at radius 3 is 2.72 bits per heavy atom. The van der Waals surface area contributed by atoms with Gasteiger partial charge in [0.15, 0.2) is 0 Å². The summed E-state index contributed by atoms with van der Waals surface area (Å²) in [6.07, 6.45) is 14.1. The summed E-state index contributed by atoms with van der Waals surface area (Å²) in [6, 6.07) is 0. The number of rotatable bonds is 2. The highest BCUT2D eigenvalue weighted by Gasteiger charge is 2.21. The molecule has 0 bridgehead atoms. The molecule has 1 unspecified atom stereocenters. The maximum absolute atomic E-state index is 3.75. The second-order valence-electron chi connectivity index (χ2n) is 5.76. The van der Waals surface area contributed by atoms with Crippen molar-refractivity contribution < 1.29 is 0 Å².